The normalized spacial score (nSPS) is 16.2. The van der Waals surface area contributed by atoms with Crippen LogP contribution in [0.4, 0.5) is 4.39 Å². The van der Waals surface area contributed by atoms with Gasteiger partial charge in [-0.25, -0.2) is 9.18 Å². The fourth-order valence-corrected chi connectivity index (χ4v) is 10.7. The number of hydrogen-bond acceptors (Lipinski definition) is 9. The lowest BCUT2D eigenvalue weighted by molar-refractivity contribution is -0.137. The number of piperazine rings is 1. The number of esters is 1. The number of carbonyl (C=O) groups is 5. The third-order valence-electron chi connectivity index (χ3n) is 13.9. The van der Waals surface area contributed by atoms with Gasteiger partial charge in [0.25, 0.3) is 5.91 Å². The van der Waals surface area contributed by atoms with Crippen molar-refractivity contribution in [3.8, 4) is 16.9 Å². The van der Waals surface area contributed by atoms with Crippen molar-refractivity contribution < 1.29 is 37.8 Å². The Labute approximate surface area is 425 Å². The molecule has 2 aromatic heterocycles. The predicted molar refractivity (Wildman–Crippen MR) is 277 cm³/mol. The second kappa shape index (κ2) is 21.6. The van der Waals surface area contributed by atoms with Crippen molar-refractivity contribution in [2.24, 2.45) is 7.05 Å². The molecule has 380 valence electrons. The SMILES string of the molecule is CC.Cc1nn(C)c(C)c1-c1c(Cl)ccc2c(CCCOc3cccc4cc(F)ccc34)c(C(=O)OC(C)(C)C)n(CCN3CCN(C(=O)CCc4cccc5c4CN(C4CCC(=O)NC4=O)C5=O)CC3)c12. The zero-order valence-electron chi connectivity index (χ0n) is 42.6. The van der Waals surface area contributed by atoms with Crippen LogP contribution in [-0.4, -0.2) is 110 Å². The van der Waals surface area contributed by atoms with Crippen molar-refractivity contribution in [1.29, 1.82) is 0 Å². The minimum Gasteiger partial charge on any atom is -0.493 e. The van der Waals surface area contributed by atoms with Gasteiger partial charge in [-0.3, -0.25) is 34.1 Å². The van der Waals surface area contributed by atoms with Crippen molar-refractivity contribution in [3.63, 3.8) is 0 Å². The van der Waals surface area contributed by atoms with Crippen molar-refractivity contribution in [2.45, 2.75) is 112 Å². The number of imide groups is 1. The largest absolute Gasteiger partial charge is 0.493 e. The number of hydrogen-bond donors (Lipinski definition) is 1. The van der Waals surface area contributed by atoms with Gasteiger partial charge in [0.1, 0.15) is 28.9 Å². The maximum Gasteiger partial charge on any atom is 0.355 e. The van der Waals surface area contributed by atoms with Crippen LogP contribution in [0.2, 0.25) is 5.02 Å². The Bertz CT molecular complexity index is 3070. The molecule has 9 rings (SSSR count). The van der Waals surface area contributed by atoms with E-state index in [4.69, 9.17) is 26.2 Å². The van der Waals surface area contributed by atoms with Crippen LogP contribution in [0.1, 0.15) is 109 Å². The van der Waals surface area contributed by atoms with E-state index in [0.717, 1.165) is 60.9 Å². The van der Waals surface area contributed by atoms with Gasteiger partial charge < -0.3 is 23.8 Å². The molecule has 4 aromatic carbocycles. The van der Waals surface area contributed by atoms with Gasteiger partial charge in [-0.15, -0.1) is 0 Å². The summed E-state index contributed by atoms with van der Waals surface area (Å²) in [7, 11) is 1.90. The molecule has 3 aliphatic rings. The molecule has 14 nitrogen and oxygen atoms in total. The second-order valence-electron chi connectivity index (χ2n) is 19.6. The number of carbonyl (C=O) groups excluding carboxylic acids is 5. The smallest absolute Gasteiger partial charge is 0.355 e. The number of piperidine rings is 1. The Hall–Kier alpha value is -6.58. The monoisotopic (exact) mass is 1000 g/mol. The number of aryl methyl sites for hydroxylation is 4. The molecule has 6 aromatic rings. The third-order valence-corrected chi connectivity index (χ3v) is 14.2. The molecule has 3 aliphatic heterocycles. The Morgan fingerprint density at radius 3 is 2.35 bits per heavy atom. The minimum atomic E-state index is -0.777. The number of benzene rings is 4. The van der Waals surface area contributed by atoms with Crippen LogP contribution >= 0.6 is 11.6 Å². The average Bonchev–Trinajstić information content (AvgIpc) is 3.94. The molecular formula is C56H65ClFN7O7. The number of nitrogens with one attached hydrogen (secondary N) is 1. The number of rotatable bonds is 14. The van der Waals surface area contributed by atoms with Crippen LogP contribution in [-0.2, 0) is 52.1 Å². The summed E-state index contributed by atoms with van der Waals surface area (Å²) in [6, 6.07) is 18.9. The van der Waals surface area contributed by atoms with E-state index in [9.17, 15) is 28.4 Å². The summed E-state index contributed by atoms with van der Waals surface area (Å²) in [5.74, 6) is -1.09. The summed E-state index contributed by atoms with van der Waals surface area (Å²) < 4.78 is 30.5. The maximum absolute atomic E-state index is 14.6. The lowest BCUT2D eigenvalue weighted by atomic mass is 9.98. The van der Waals surface area contributed by atoms with Gasteiger partial charge in [-0.1, -0.05) is 55.8 Å². The number of halogens is 2. The summed E-state index contributed by atoms with van der Waals surface area (Å²) in [4.78, 5) is 71.9. The Morgan fingerprint density at radius 2 is 1.64 bits per heavy atom. The molecule has 0 aliphatic carbocycles. The van der Waals surface area contributed by atoms with Crippen LogP contribution in [0.25, 0.3) is 32.8 Å². The highest BCUT2D eigenvalue weighted by atomic mass is 35.5. The molecule has 0 spiro atoms. The zero-order chi connectivity index (χ0) is 51.6. The van der Waals surface area contributed by atoms with Crippen LogP contribution < -0.4 is 10.1 Å². The van der Waals surface area contributed by atoms with E-state index in [1.54, 1.807) is 12.1 Å². The minimum absolute atomic E-state index is 0.0247. The van der Waals surface area contributed by atoms with Crippen LogP contribution in [0.5, 0.6) is 5.75 Å². The zero-order valence-corrected chi connectivity index (χ0v) is 43.4. The highest BCUT2D eigenvalue weighted by Gasteiger charge is 2.40. The van der Waals surface area contributed by atoms with Gasteiger partial charge >= 0.3 is 5.97 Å². The lowest BCUT2D eigenvalue weighted by Gasteiger charge is -2.35. The fraction of sp³-hybridized carbons (Fsp3) is 0.429. The molecule has 2 fully saturated rings. The molecule has 1 N–H and O–H groups in total. The summed E-state index contributed by atoms with van der Waals surface area (Å²) >= 11 is 7.20. The van der Waals surface area contributed by atoms with Crippen LogP contribution in [0.3, 0.4) is 0 Å². The van der Waals surface area contributed by atoms with E-state index in [2.05, 4.69) is 14.8 Å². The molecule has 0 bridgehead atoms. The quantitative estimate of drug-likeness (QED) is 0.0641. The van der Waals surface area contributed by atoms with Crippen molar-refractivity contribution in [3.05, 3.63) is 117 Å². The molecule has 1 atom stereocenters. The first-order valence-corrected chi connectivity index (χ1v) is 25.5. The van der Waals surface area contributed by atoms with E-state index in [-0.39, 0.29) is 49.3 Å². The van der Waals surface area contributed by atoms with E-state index in [1.807, 2.05) is 108 Å². The van der Waals surface area contributed by atoms with Gasteiger partial charge in [0.05, 0.1) is 22.8 Å². The first kappa shape index (κ1) is 51.8. The lowest BCUT2D eigenvalue weighted by Crippen LogP contribution is -2.52. The van der Waals surface area contributed by atoms with E-state index in [1.165, 1.54) is 17.0 Å². The molecule has 0 saturated carbocycles. The Kier molecular flexibility index (Phi) is 15.6. The molecule has 5 heterocycles. The average molecular weight is 1000 g/mol. The number of nitrogens with zero attached hydrogens (tertiary/aromatic N) is 6. The summed E-state index contributed by atoms with van der Waals surface area (Å²) in [5, 5.41) is 10.1. The van der Waals surface area contributed by atoms with Crippen molar-refractivity contribution in [1.82, 2.24) is 34.4 Å². The molecule has 0 radical (unpaired) electrons. The van der Waals surface area contributed by atoms with Crippen molar-refractivity contribution >= 4 is 62.9 Å². The molecule has 1 unspecified atom stereocenters. The number of fused-ring (bicyclic) bond motifs is 3. The van der Waals surface area contributed by atoms with Gasteiger partial charge in [0, 0.05) is 98.9 Å². The standard InChI is InChI=1S/C54H59ClFN7O7.C2H6/c1-32-47(33(2)59(6)58-32)48-42(55)19-18-39-38(13-9-29-69-44-14-8-11-35-30-36(56)16-17-37(35)44)50(53(68)70-54(3,4)5)62(49(39)48)28-25-60-23-26-61(27-24-60)46(65)22-15-34-10-7-12-40-41(34)31-63(52(40)67)43-20-21-45(64)57-51(43)66;1-2/h7-8,10-12,14,16-19,30,43H,9,13,15,20-29,31H2,1-6H3,(H,57,64,66);1-2H3. The highest BCUT2D eigenvalue weighted by molar-refractivity contribution is 6.35. The number of amides is 4. The molecule has 2 saturated heterocycles. The topological polar surface area (TPSA) is 148 Å². The van der Waals surface area contributed by atoms with Gasteiger partial charge in [-0.2, -0.15) is 5.10 Å². The van der Waals surface area contributed by atoms with Crippen molar-refractivity contribution in [2.75, 3.05) is 39.3 Å². The number of ether oxygens (including phenoxy) is 2. The van der Waals surface area contributed by atoms with Crippen LogP contribution in [0.15, 0.2) is 66.7 Å². The number of aromatic nitrogens is 3. The molecular weight excluding hydrogens is 937 g/mol. The second-order valence-corrected chi connectivity index (χ2v) is 20.0. The fourth-order valence-electron chi connectivity index (χ4n) is 10.4. The summed E-state index contributed by atoms with van der Waals surface area (Å²) in [6.45, 7) is 17.5. The summed E-state index contributed by atoms with van der Waals surface area (Å²) in [5.41, 5.74) is 7.04. The van der Waals surface area contributed by atoms with Gasteiger partial charge in [0.15, 0.2) is 0 Å². The summed E-state index contributed by atoms with van der Waals surface area (Å²) in [6.07, 6.45) is 2.24. The maximum atomic E-state index is 14.6. The van der Waals surface area contributed by atoms with Gasteiger partial charge in [0.2, 0.25) is 17.7 Å². The third kappa shape index (κ3) is 10.6. The Morgan fingerprint density at radius 1 is 0.903 bits per heavy atom. The highest BCUT2D eigenvalue weighted by Crippen LogP contribution is 2.43. The first-order valence-electron chi connectivity index (χ1n) is 25.1. The molecule has 4 amide bonds. The van der Waals surface area contributed by atoms with E-state index >= 15 is 0 Å². The molecule has 16 heteroatoms. The molecule has 72 heavy (non-hydrogen) atoms. The van der Waals surface area contributed by atoms with Crippen LogP contribution in [0, 0.1) is 19.7 Å². The predicted octanol–water partition coefficient (Wildman–Crippen LogP) is 9.14. The Balaban J connectivity index is 0.00000342. The van der Waals surface area contributed by atoms with Gasteiger partial charge in [-0.05, 0) is 119 Å². The first-order chi connectivity index (χ1) is 34.5. The van der Waals surface area contributed by atoms with E-state index < -0.39 is 23.5 Å². The van der Waals surface area contributed by atoms with E-state index in [0.29, 0.717) is 87.2 Å².